The van der Waals surface area contributed by atoms with E-state index in [2.05, 4.69) is 0 Å². The number of thiophene rings is 1. The molecule has 5 nitrogen and oxygen atoms in total. The lowest BCUT2D eigenvalue weighted by Gasteiger charge is -2.35. The summed E-state index contributed by atoms with van der Waals surface area (Å²) < 4.78 is 6.50. The monoisotopic (exact) mass is 319 g/mol. The Morgan fingerprint density at radius 1 is 1.36 bits per heavy atom. The van der Waals surface area contributed by atoms with Gasteiger partial charge in [-0.25, -0.2) is 4.79 Å². The Kier molecular flexibility index (Phi) is 4.13. The number of carboxylic acids is 1. The quantitative estimate of drug-likeness (QED) is 0.941. The maximum Gasteiger partial charge on any atom is 0.334 e. The van der Waals surface area contributed by atoms with Crippen molar-refractivity contribution in [2.75, 3.05) is 13.1 Å². The van der Waals surface area contributed by atoms with Gasteiger partial charge in [0.05, 0.1) is 19.1 Å². The normalized spacial score (nSPS) is 22.0. The molecule has 0 radical (unpaired) electrons. The van der Waals surface area contributed by atoms with Gasteiger partial charge in [-0.05, 0) is 29.3 Å². The van der Waals surface area contributed by atoms with Crippen molar-refractivity contribution in [3.8, 4) is 0 Å². The zero-order valence-electron chi connectivity index (χ0n) is 12.2. The first kappa shape index (κ1) is 15.0. The number of hydrogen-bond donors (Lipinski definition) is 1. The number of aliphatic carboxylic acids is 1. The third-order valence-electron chi connectivity index (χ3n) is 3.79. The van der Waals surface area contributed by atoms with Crippen LogP contribution in [0, 0.1) is 0 Å². The van der Waals surface area contributed by atoms with Gasteiger partial charge in [0, 0.05) is 11.2 Å². The molecule has 1 aromatic heterocycles. The second-order valence-electron chi connectivity index (χ2n) is 5.51. The highest BCUT2D eigenvalue weighted by molar-refractivity contribution is 7.17. The zero-order chi connectivity index (χ0) is 15.7. The number of carbonyl (C=O) groups is 2. The molecule has 1 aromatic carbocycles. The van der Waals surface area contributed by atoms with Crippen molar-refractivity contribution in [3.63, 3.8) is 0 Å². The van der Waals surface area contributed by atoms with Crippen molar-refractivity contribution in [2.45, 2.75) is 25.6 Å². The molecular weight excluding hydrogens is 302 g/mol. The predicted octanol–water partition coefficient (Wildman–Crippen LogP) is 2.14. The van der Waals surface area contributed by atoms with Crippen LogP contribution in [0.2, 0.25) is 0 Å². The van der Waals surface area contributed by atoms with E-state index < -0.39 is 12.1 Å². The van der Waals surface area contributed by atoms with Crippen LogP contribution in [-0.2, 0) is 20.7 Å². The fourth-order valence-electron chi connectivity index (χ4n) is 2.74. The Labute approximate surface area is 132 Å². The summed E-state index contributed by atoms with van der Waals surface area (Å²) in [6.07, 6.45) is -0.909. The molecular formula is C16H17NO4S. The number of hydrogen-bond acceptors (Lipinski definition) is 4. The van der Waals surface area contributed by atoms with E-state index >= 15 is 0 Å². The van der Waals surface area contributed by atoms with E-state index in [9.17, 15) is 9.59 Å². The molecule has 2 aromatic rings. The second kappa shape index (κ2) is 6.06. The Bertz CT molecular complexity index is 711. The van der Waals surface area contributed by atoms with Crippen LogP contribution in [0.15, 0.2) is 29.6 Å². The highest BCUT2D eigenvalue weighted by Gasteiger charge is 2.32. The van der Waals surface area contributed by atoms with Gasteiger partial charge in [-0.2, -0.15) is 0 Å². The molecule has 1 amide bonds. The van der Waals surface area contributed by atoms with Crippen molar-refractivity contribution >= 4 is 33.3 Å². The van der Waals surface area contributed by atoms with E-state index in [1.807, 2.05) is 29.6 Å². The van der Waals surface area contributed by atoms with Crippen LogP contribution in [0.25, 0.3) is 10.1 Å². The molecule has 0 aliphatic carbocycles. The Morgan fingerprint density at radius 2 is 2.14 bits per heavy atom. The standard InChI is InChI=1S/C16H17NO4S/c1-10-7-17(8-13(21-10)16(19)20)15(18)6-11-9-22-14-5-3-2-4-12(11)14/h2-5,9-10,13H,6-8H2,1H3,(H,19,20)/t10-,13?/m1/s1. The molecule has 1 saturated heterocycles. The third-order valence-corrected chi connectivity index (χ3v) is 4.80. The van der Waals surface area contributed by atoms with E-state index in [1.54, 1.807) is 23.2 Å². The summed E-state index contributed by atoms with van der Waals surface area (Å²) in [7, 11) is 0. The smallest absolute Gasteiger partial charge is 0.334 e. The van der Waals surface area contributed by atoms with Crippen LogP contribution in [0.5, 0.6) is 0 Å². The summed E-state index contributed by atoms with van der Waals surface area (Å²) in [5.74, 6) is -1.07. The predicted molar refractivity (Wildman–Crippen MR) is 84.1 cm³/mol. The van der Waals surface area contributed by atoms with Crippen molar-refractivity contribution < 1.29 is 19.4 Å². The first-order valence-corrected chi connectivity index (χ1v) is 8.03. The molecule has 22 heavy (non-hydrogen) atoms. The molecule has 1 aliphatic heterocycles. The van der Waals surface area contributed by atoms with Crippen LogP contribution < -0.4 is 0 Å². The summed E-state index contributed by atoms with van der Waals surface area (Å²) >= 11 is 1.62. The maximum atomic E-state index is 12.5. The maximum absolute atomic E-state index is 12.5. The first-order valence-electron chi connectivity index (χ1n) is 7.15. The minimum atomic E-state index is -1.02. The molecule has 116 valence electrons. The number of carbonyl (C=O) groups excluding carboxylic acids is 1. The van der Waals surface area contributed by atoms with Crippen LogP contribution in [-0.4, -0.2) is 47.2 Å². The van der Waals surface area contributed by atoms with E-state index in [4.69, 9.17) is 9.84 Å². The molecule has 0 saturated carbocycles. The lowest BCUT2D eigenvalue weighted by atomic mass is 10.1. The van der Waals surface area contributed by atoms with Crippen molar-refractivity contribution in [1.29, 1.82) is 0 Å². The molecule has 0 spiro atoms. The highest BCUT2D eigenvalue weighted by atomic mass is 32.1. The number of fused-ring (bicyclic) bond motifs is 1. The number of benzene rings is 1. The number of nitrogens with zero attached hydrogens (tertiary/aromatic N) is 1. The molecule has 6 heteroatoms. The minimum Gasteiger partial charge on any atom is -0.479 e. The number of amides is 1. The summed E-state index contributed by atoms with van der Waals surface area (Å²) in [6, 6.07) is 7.98. The SMILES string of the molecule is C[C@@H]1CN(C(=O)Cc2csc3ccccc23)CC(C(=O)O)O1. The van der Waals surface area contributed by atoms with Gasteiger partial charge < -0.3 is 14.7 Å². The summed E-state index contributed by atoms with van der Waals surface area (Å²) in [5, 5.41) is 12.2. The van der Waals surface area contributed by atoms with Gasteiger partial charge in [-0.3, -0.25) is 4.79 Å². The van der Waals surface area contributed by atoms with E-state index in [0.717, 1.165) is 15.6 Å². The van der Waals surface area contributed by atoms with E-state index in [1.165, 1.54) is 0 Å². The molecule has 0 bridgehead atoms. The fourth-order valence-corrected chi connectivity index (χ4v) is 3.70. The second-order valence-corrected chi connectivity index (χ2v) is 6.42. The summed E-state index contributed by atoms with van der Waals surface area (Å²) in [5.41, 5.74) is 0.997. The summed E-state index contributed by atoms with van der Waals surface area (Å²) in [4.78, 5) is 25.2. The summed E-state index contributed by atoms with van der Waals surface area (Å²) in [6.45, 7) is 2.33. The molecule has 1 aliphatic rings. The largest absolute Gasteiger partial charge is 0.479 e. The topological polar surface area (TPSA) is 66.8 Å². The van der Waals surface area contributed by atoms with Crippen LogP contribution >= 0.6 is 11.3 Å². The van der Waals surface area contributed by atoms with Gasteiger partial charge >= 0.3 is 5.97 Å². The number of rotatable bonds is 3. The molecule has 1 fully saturated rings. The lowest BCUT2D eigenvalue weighted by Crippen LogP contribution is -2.52. The zero-order valence-corrected chi connectivity index (χ0v) is 13.0. The minimum absolute atomic E-state index is 0.0510. The van der Waals surface area contributed by atoms with Gasteiger partial charge in [0.25, 0.3) is 0 Å². The Hall–Kier alpha value is -1.92. The van der Waals surface area contributed by atoms with Gasteiger partial charge in [0.1, 0.15) is 0 Å². The van der Waals surface area contributed by atoms with Crippen molar-refractivity contribution in [1.82, 2.24) is 4.90 Å². The van der Waals surface area contributed by atoms with E-state index in [0.29, 0.717) is 13.0 Å². The van der Waals surface area contributed by atoms with Crippen molar-refractivity contribution in [2.24, 2.45) is 0 Å². The van der Waals surface area contributed by atoms with E-state index in [-0.39, 0.29) is 18.6 Å². The first-order chi connectivity index (χ1) is 10.5. The molecule has 1 N–H and O–H groups in total. The molecule has 3 rings (SSSR count). The third kappa shape index (κ3) is 2.98. The van der Waals surface area contributed by atoms with Gasteiger partial charge in [-0.1, -0.05) is 18.2 Å². The number of carboxylic acid groups (broad SMARTS) is 1. The van der Waals surface area contributed by atoms with Gasteiger partial charge in [-0.15, -0.1) is 11.3 Å². The fraction of sp³-hybridized carbons (Fsp3) is 0.375. The van der Waals surface area contributed by atoms with Crippen LogP contribution in [0.3, 0.4) is 0 Å². The highest BCUT2D eigenvalue weighted by Crippen LogP contribution is 2.26. The number of ether oxygens (including phenoxy) is 1. The average Bonchev–Trinajstić information content (AvgIpc) is 2.90. The van der Waals surface area contributed by atoms with Gasteiger partial charge in [0.15, 0.2) is 6.10 Å². The Morgan fingerprint density at radius 3 is 2.91 bits per heavy atom. The van der Waals surface area contributed by atoms with Gasteiger partial charge in [0.2, 0.25) is 5.91 Å². The molecule has 2 atom stereocenters. The van der Waals surface area contributed by atoms with Crippen LogP contribution in [0.4, 0.5) is 0 Å². The van der Waals surface area contributed by atoms with Crippen LogP contribution in [0.1, 0.15) is 12.5 Å². The number of morpholine rings is 1. The lowest BCUT2D eigenvalue weighted by molar-refractivity contribution is -0.166. The molecule has 2 heterocycles. The Balaban J connectivity index is 1.75. The van der Waals surface area contributed by atoms with Crippen molar-refractivity contribution in [3.05, 3.63) is 35.2 Å². The molecule has 1 unspecified atom stereocenters. The average molecular weight is 319 g/mol.